The van der Waals surface area contributed by atoms with Crippen LogP contribution in [0.2, 0.25) is 0 Å². The summed E-state index contributed by atoms with van der Waals surface area (Å²) in [5, 5.41) is 9.25. The molecule has 118 valence electrons. The van der Waals surface area contributed by atoms with Gasteiger partial charge in [-0.15, -0.1) is 0 Å². The van der Waals surface area contributed by atoms with Crippen LogP contribution in [0, 0.1) is 0 Å². The SMILES string of the molecule is CCNc1cc(NC(C)C(=O)NC(C)(C)C)nc(CC)n1. The Bertz CT molecular complexity index is 481. The lowest BCUT2D eigenvalue weighted by molar-refractivity contribution is -0.122. The van der Waals surface area contributed by atoms with E-state index >= 15 is 0 Å². The highest BCUT2D eigenvalue weighted by molar-refractivity contribution is 5.84. The fourth-order valence-corrected chi connectivity index (χ4v) is 1.77. The van der Waals surface area contributed by atoms with Crippen LogP contribution < -0.4 is 16.0 Å². The summed E-state index contributed by atoms with van der Waals surface area (Å²) in [5.41, 5.74) is -0.248. The second-order valence-electron chi connectivity index (χ2n) is 6.04. The first-order chi connectivity index (χ1) is 9.75. The standard InChI is InChI=1S/C15H27N5O/c1-7-11-18-12(16-8-2)9-13(19-11)17-10(3)14(21)20-15(4,5)6/h9-10H,7-8H2,1-6H3,(H,20,21)(H2,16,17,18,19). The van der Waals surface area contributed by atoms with Gasteiger partial charge in [-0.05, 0) is 34.6 Å². The zero-order valence-electron chi connectivity index (χ0n) is 13.9. The van der Waals surface area contributed by atoms with E-state index in [-0.39, 0.29) is 17.5 Å². The Morgan fingerprint density at radius 1 is 1.24 bits per heavy atom. The summed E-state index contributed by atoms with van der Waals surface area (Å²) in [6, 6.07) is 1.46. The highest BCUT2D eigenvalue weighted by Crippen LogP contribution is 2.13. The summed E-state index contributed by atoms with van der Waals surface area (Å²) in [6.45, 7) is 12.5. The molecular formula is C15H27N5O. The number of aromatic nitrogens is 2. The first kappa shape index (κ1) is 17.2. The van der Waals surface area contributed by atoms with Crippen molar-refractivity contribution < 1.29 is 4.79 Å². The first-order valence-electron chi connectivity index (χ1n) is 7.45. The maximum absolute atomic E-state index is 12.1. The van der Waals surface area contributed by atoms with Gasteiger partial charge in [-0.1, -0.05) is 6.92 Å². The van der Waals surface area contributed by atoms with Crippen molar-refractivity contribution in [3.63, 3.8) is 0 Å². The van der Waals surface area contributed by atoms with Crippen LogP contribution in [0.25, 0.3) is 0 Å². The number of nitrogens with one attached hydrogen (secondary N) is 3. The van der Waals surface area contributed by atoms with Gasteiger partial charge in [0.25, 0.3) is 0 Å². The predicted molar refractivity (Wildman–Crippen MR) is 86.6 cm³/mol. The average Bonchev–Trinajstić information content (AvgIpc) is 2.36. The summed E-state index contributed by atoms with van der Waals surface area (Å²) < 4.78 is 0. The Hall–Kier alpha value is -1.85. The number of anilines is 2. The molecule has 1 amide bonds. The van der Waals surface area contributed by atoms with Crippen molar-refractivity contribution in [1.82, 2.24) is 15.3 Å². The molecule has 6 heteroatoms. The molecule has 1 aromatic rings. The Morgan fingerprint density at radius 3 is 2.38 bits per heavy atom. The summed E-state index contributed by atoms with van der Waals surface area (Å²) >= 11 is 0. The van der Waals surface area contributed by atoms with Gasteiger partial charge in [0.15, 0.2) is 0 Å². The Labute approximate surface area is 127 Å². The monoisotopic (exact) mass is 293 g/mol. The van der Waals surface area contributed by atoms with Crippen LogP contribution in [-0.2, 0) is 11.2 Å². The van der Waals surface area contributed by atoms with Crippen molar-refractivity contribution >= 4 is 17.5 Å². The van der Waals surface area contributed by atoms with E-state index in [2.05, 4.69) is 25.9 Å². The molecule has 1 unspecified atom stereocenters. The lowest BCUT2D eigenvalue weighted by Crippen LogP contribution is -2.47. The van der Waals surface area contributed by atoms with Crippen molar-refractivity contribution in [2.75, 3.05) is 17.2 Å². The quantitative estimate of drug-likeness (QED) is 0.749. The highest BCUT2D eigenvalue weighted by atomic mass is 16.2. The lowest BCUT2D eigenvalue weighted by atomic mass is 10.1. The van der Waals surface area contributed by atoms with Gasteiger partial charge in [-0.2, -0.15) is 0 Å². The van der Waals surface area contributed by atoms with E-state index < -0.39 is 0 Å². The molecule has 1 aromatic heterocycles. The van der Waals surface area contributed by atoms with Crippen LogP contribution in [0.1, 0.15) is 47.4 Å². The predicted octanol–water partition coefficient (Wildman–Crippen LogP) is 2.19. The van der Waals surface area contributed by atoms with Gasteiger partial charge in [-0.3, -0.25) is 4.79 Å². The topological polar surface area (TPSA) is 78.9 Å². The second-order valence-corrected chi connectivity index (χ2v) is 6.04. The molecule has 0 bridgehead atoms. The van der Waals surface area contributed by atoms with Crippen molar-refractivity contribution in [1.29, 1.82) is 0 Å². The number of hydrogen-bond donors (Lipinski definition) is 3. The molecule has 1 rings (SSSR count). The van der Waals surface area contributed by atoms with E-state index in [1.165, 1.54) is 0 Å². The van der Waals surface area contributed by atoms with Gasteiger partial charge in [-0.25, -0.2) is 9.97 Å². The average molecular weight is 293 g/mol. The van der Waals surface area contributed by atoms with Gasteiger partial charge in [0.1, 0.15) is 23.5 Å². The number of carbonyl (C=O) groups excluding carboxylic acids is 1. The van der Waals surface area contributed by atoms with Crippen LogP contribution in [0.5, 0.6) is 0 Å². The van der Waals surface area contributed by atoms with Crippen molar-refractivity contribution in [2.45, 2.75) is 59.5 Å². The van der Waals surface area contributed by atoms with Crippen LogP contribution in [0.4, 0.5) is 11.6 Å². The van der Waals surface area contributed by atoms with E-state index in [9.17, 15) is 4.79 Å². The molecule has 3 N–H and O–H groups in total. The second kappa shape index (κ2) is 7.24. The third-order valence-electron chi connectivity index (χ3n) is 2.70. The van der Waals surface area contributed by atoms with E-state index in [1.54, 1.807) is 0 Å². The molecule has 0 saturated carbocycles. The Morgan fingerprint density at radius 2 is 1.86 bits per heavy atom. The molecule has 0 spiro atoms. The zero-order chi connectivity index (χ0) is 16.0. The number of carbonyl (C=O) groups is 1. The van der Waals surface area contributed by atoms with Gasteiger partial charge >= 0.3 is 0 Å². The molecule has 0 radical (unpaired) electrons. The molecule has 0 fully saturated rings. The van der Waals surface area contributed by atoms with Crippen LogP contribution in [0.3, 0.4) is 0 Å². The van der Waals surface area contributed by atoms with Crippen LogP contribution in [-0.4, -0.2) is 34.0 Å². The number of rotatable bonds is 6. The summed E-state index contributed by atoms with van der Waals surface area (Å²) in [4.78, 5) is 20.9. The highest BCUT2D eigenvalue weighted by Gasteiger charge is 2.19. The molecule has 1 atom stereocenters. The van der Waals surface area contributed by atoms with Crippen molar-refractivity contribution in [3.05, 3.63) is 11.9 Å². The summed E-state index contributed by atoms with van der Waals surface area (Å²) in [7, 11) is 0. The number of aryl methyl sites for hydroxylation is 1. The number of hydrogen-bond acceptors (Lipinski definition) is 5. The molecule has 6 nitrogen and oxygen atoms in total. The molecular weight excluding hydrogens is 266 g/mol. The van der Waals surface area contributed by atoms with E-state index in [1.807, 2.05) is 47.6 Å². The smallest absolute Gasteiger partial charge is 0.242 e. The Kier molecular flexibility index (Phi) is 5.93. The molecule has 1 heterocycles. The van der Waals surface area contributed by atoms with Crippen LogP contribution >= 0.6 is 0 Å². The number of amides is 1. The zero-order valence-corrected chi connectivity index (χ0v) is 13.9. The maximum Gasteiger partial charge on any atom is 0.242 e. The van der Waals surface area contributed by atoms with Crippen molar-refractivity contribution in [2.24, 2.45) is 0 Å². The minimum absolute atomic E-state index is 0.0517. The molecule has 0 aliphatic heterocycles. The Balaban J connectivity index is 2.81. The molecule has 0 aliphatic carbocycles. The maximum atomic E-state index is 12.1. The van der Waals surface area contributed by atoms with Gasteiger partial charge < -0.3 is 16.0 Å². The minimum atomic E-state index is -0.363. The largest absolute Gasteiger partial charge is 0.370 e. The third-order valence-corrected chi connectivity index (χ3v) is 2.70. The normalized spacial score (nSPS) is 12.7. The molecule has 0 saturated heterocycles. The molecule has 21 heavy (non-hydrogen) atoms. The van der Waals surface area contributed by atoms with Crippen LogP contribution in [0.15, 0.2) is 6.07 Å². The minimum Gasteiger partial charge on any atom is -0.370 e. The number of nitrogens with zero attached hydrogens (tertiary/aromatic N) is 2. The summed E-state index contributed by atoms with van der Waals surface area (Å²) in [5.74, 6) is 2.13. The first-order valence-corrected chi connectivity index (χ1v) is 7.45. The van der Waals surface area contributed by atoms with E-state index in [0.29, 0.717) is 5.82 Å². The summed E-state index contributed by atoms with van der Waals surface area (Å²) in [6.07, 6.45) is 0.747. The van der Waals surface area contributed by atoms with E-state index in [4.69, 9.17) is 0 Å². The van der Waals surface area contributed by atoms with Gasteiger partial charge in [0, 0.05) is 24.6 Å². The fourth-order valence-electron chi connectivity index (χ4n) is 1.77. The van der Waals surface area contributed by atoms with Gasteiger partial charge in [0.05, 0.1) is 0 Å². The lowest BCUT2D eigenvalue weighted by Gasteiger charge is -2.24. The fraction of sp³-hybridized carbons (Fsp3) is 0.667. The van der Waals surface area contributed by atoms with E-state index in [0.717, 1.165) is 24.6 Å². The molecule has 0 aliphatic rings. The molecule has 0 aromatic carbocycles. The van der Waals surface area contributed by atoms with Crippen molar-refractivity contribution in [3.8, 4) is 0 Å². The third kappa shape index (κ3) is 5.97. The van der Waals surface area contributed by atoms with Gasteiger partial charge in [0.2, 0.25) is 5.91 Å².